The molecule has 0 atom stereocenters. The lowest BCUT2D eigenvalue weighted by molar-refractivity contribution is 0.622. The van der Waals surface area contributed by atoms with E-state index >= 15 is 0 Å². The summed E-state index contributed by atoms with van der Waals surface area (Å²) in [6, 6.07) is 6.33. The average molecular weight is 297 g/mol. The number of rotatable bonds is 7. The molecule has 2 nitrogen and oxygen atoms in total. The maximum absolute atomic E-state index is 5.90. The highest BCUT2D eigenvalue weighted by Gasteiger charge is 2.11. The molecule has 0 bridgehead atoms. The first kappa shape index (κ1) is 14.7. The topological polar surface area (TPSA) is 17.8 Å². The Morgan fingerprint density at radius 3 is 2.89 bits per heavy atom. The van der Waals surface area contributed by atoms with E-state index in [4.69, 9.17) is 16.6 Å². The zero-order valence-electron chi connectivity index (χ0n) is 11.7. The van der Waals surface area contributed by atoms with E-state index in [1.54, 1.807) is 0 Å². The van der Waals surface area contributed by atoms with Gasteiger partial charge in [-0.15, -0.1) is 11.6 Å². The molecule has 19 heavy (non-hydrogen) atoms. The first-order chi connectivity index (χ1) is 9.27. The van der Waals surface area contributed by atoms with E-state index < -0.39 is 0 Å². The van der Waals surface area contributed by atoms with Crippen LogP contribution in [0.5, 0.6) is 0 Å². The summed E-state index contributed by atoms with van der Waals surface area (Å²) in [5, 5.41) is 0. The van der Waals surface area contributed by atoms with Gasteiger partial charge in [0.2, 0.25) is 0 Å². The number of benzene rings is 1. The van der Waals surface area contributed by atoms with Gasteiger partial charge in [0.05, 0.1) is 11.0 Å². The van der Waals surface area contributed by atoms with Crippen LogP contribution in [-0.4, -0.2) is 27.4 Å². The number of unbranched alkanes of at least 4 members (excludes halogenated alkanes) is 1. The molecule has 4 heteroatoms. The third-order valence-corrected chi connectivity index (χ3v) is 4.23. The first-order valence-corrected chi connectivity index (χ1v) is 8.70. The summed E-state index contributed by atoms with van der Waals surface area (Å²) >= 11 is 7.82. The molecule has 0 amide bonds. The van der Waals surface area contributed by atoms with Crippen molar-refractivity contribution >= 4 is 34.4 Å². The summed E-state index contributed by atoms with van der Waals surface area (Å²) in [6.45, 7) is 3.21. The van der Waals surface area contributed by atoms with Crippen molar-refractivity contribution < 1.29 is 0 Å². The summed E-state index contributed by atoms with van der Waals surface area (Å²) in [6.07, 6.45) is 5.47. The molecule has 0 saturated heterocycles. The highest BCUT2D eigenvalue weighted by Crippen LogP contribution is 2.21. The van der Waals surface area contributed by atoms with Crippen LogP contribution in [0.2, 0.25) is 0 Å². The van der Waals surface area contributed by atoms with Crippen LogP contribution in [0.4, 0.5) is 0 Å². The number of aryl methyl sites for hydroxylation is 3. The molecule has 0 fully saturated rings. The Balaban J connectivity index is 2.28. The lowest BCUT2D eigenvalue weighted by Crippen LogP contribution is -2.06. The maximum Gasteiger partial charge on any atom is 0.111 e. The minimum absolute atomic E-state index is 0.632. The Morgan fingerprint density at radius 1 is 1.32 bits per heavy atom. The Morgan fingerprint density at radius 2 is 2.16 bits per heavy atom. The predicted molar refractivity (Wildman–Crippen MR) is 86.5 cm³/mol. The van der Waals surface area contributed by atoms with E-state index in [0.717, 1.165) is 24.3 Å². The van der Waals surface area contributed by atoms with Gasteiger partial charge in [0, 0.05) is 18.8 Å². The molecule has 0 radical (unpaired) electrons. The van der Waals surface area contributed by atoms with Gasteiger partial charge < -0.3 is 4.57 Å². The highest BCUT2D eigenvalue weighted by molar-refractivity contribution is 7.98. The molecular formula is C15H21ClN2S. The second-order valence-corrected chi connectivity index (χ2v) is 6.12. The third-order valence-electron chi connectivity index (χ3n) is 3.35. The van der Waals surface area contributed by atoms with Gasteiger partial charge in [-0.05, 0) is 43.4 Å². The number of imidazole rings is 1. The number of fused-ring (bicyclic) bond motifs is 1. The lowest BCUT2D eigenvalue weighted by atomic mass is 10.2. The summed E-state index contributed by atoms with van der Waals surface area (Å²) < 4.78 is 2.37. The normalized spacial score (nSPS) is 11.3. The Labute approximate surface area is 124 Å². The van der Waals surface area contributed by atoms with E-state index in [1.165, 1.54) is 29.7 Å². The van der Waals surface area contributed by atoms with Crippen molar-refractivity contribution in [3.05, 3.63) is 29.6 Å². The quantitative estimate of drug-likeness (QED) is 0.561. The fraction of sp³-hybridized carbons (Fsp3) is 0.533. The Hall–Kier alpha value is -0.670. The standard InChI is InChI=1S/C15H21ClN2S/c1-12-6-5-7-13-15(12)18(10-3-4-11-19-2)14(17-13)8-9-16/h5-7H,3-4,8-11H2,1-2H3. The van der Waals surface area contributed by atoms with Crippen molar-refractivity contribution in [3.63, 3.8) is 0 Å². The van der Waals surface area contributed by atoms with Gasteiger partial charge in [0.15, 0.2) is 0 Å². The molecular weight excluding hydrogens is 276 g/mol. The zero-order valence-corrected chi connectivity index (χ0v) is 13.2. The number of thioether (sulfide) groups is 1. The van der Waals surface area contributed by atoms with Crippen LogP contribution in [0.15, 0.2) is 18.2 Å². The molecule has 0 aliphatic heterocycles. The molecule has 2 rings (SSSR count). The summed E-state index contributed by atoms with van der Waals surface area (Å²) in [4.78, 5) is 4.74. The van der Waals surface area contributed by atoms with Gasteiger partial charge in [-0.1, -0.05) is 12.1 Å². The van der Waals surface area contributed by atoms with Gasteiger partial charge in [-0.2, -0.15) is 11.8 Å². The van der Waals surface area contributed by atoms with E-state index in [9.17, 15) is 0 Å². The largest absolute Gasteiger partial charge is 0.328 e. The molecule has 104 valence electrons. The Kier molecular flexibility index (Phi) is 5.59. The molecule has 0 unspecified atom stereocenters. The molecule has 0 aliphatic carbocycles. The van der Waals surface area contributed by atoms with Crippen LogP contribution in [0.1, 0.15) is 24.2 Å². The highest BCUT2D eigenvalue weighted by atomic mass is 35.5. The van der Waals surface area contributed by atoms with Gasteiger partial charge in [-0.3, -0.25) is 0 Å². The van der Waals surface area contributed by atoms with Gasteiger partial charge in [0.1, 0.15) is 5.82 Å². The monoisotopic (exact) mass is 296 g/mol. The maximum atomic E-state index is 5.90. The Bertz CT molecular complexity index is 536. The number of hydrogen-bond donors (Lipinski definition) is 0. The lowest BCUT2D eigenvalue weighted by Gasteiger charge is -2.09. The molecule has 0 N–H and O–H groups in total. The fourth-order valence-corrected chi connectivity index (χ4v) is 3.11. The third kappa shape index (κ3) is 3.46. The molecule has 2 aromatic rings. The summed E-state index contributed by atoms with van der Waals surface area (Å²) in [7, 11) is 0. The number of halogens is 1. The minimum Gasteiger partial charge on any atom is -0.328 e. The van der Waals surface area contributed by atoms with Crippen LogP contribution in [0.25, 0.3) is 11.0 Å². The molecule has 1 aromatic heterocycles. The SMILES string of the molecule is CSCCCCn1c(CCCl)nc2cccc(C)c21. The van der Waals surface area contributed by atoms with Gasteiger partial charge in [0.25, 0.3) is 0 Å². The van der Waals surface area contributed by atoms with Crippen LogP contribution in [0, 0.1) is 6.92 Å². The van der Waals surface area contributed by atoms with Gasteiger partial charge >= 0.3 is 0 Å². The first-order valence-electron chi connectivity index (χ1n) is 6.77. The van der Waals surface area contributed by atoms with Gasteiger partial charge in [-0.25, -0.2) is 4.98 Å². The molecule has 0 saturated carbocycles. The summed E-state index contributed by atoms with van der Waals surface area (Å²) in [5.74, 6) is 2.99. The van der Waals surface area contributed by atoms with Crippen molar-refractivity contribution in [2.75, 3.05) is 17.9 Å². The van der Waals surface area contributed by atoms with E-state index in [-0.39, 0.29) is 0 Å². The van der Waals surface area contributed by atoms with Crippen molar-refractivity contribution in [1.29, 1.82) is 0 Å². The average Bonchev–Trinajstić information content (AvgIpc) is 2.74. The molecule has 0 spiro atoms. The second kappa shape index (κ2) is 7.20. The minimum atomic E-state index is 0.632. The number of para-hydroxylation sites is 1. The van der Waals surface area contributed by atoms with Crippen molar-refractivity contribution in [2.24, 2.45) is 0 Å². The molecule has 0 aliphatic rings. The smallest absolute Gasteiger partial charge is 0.111 e. The number of nitrogens with zero attached hydrogens (tertiary/aromatic N) is 2. The number of hydrogen-bond acceptors (Lipinski definition) is 2. The van der Waals surface area contributed by atoms with E-state index in [1.807, 2.05) is 11.8 Å². The van der Waals surface area contributed by atoms with Crippen LogP contribution >= 0.6 is 23.4 Å². The summed E-state index contributed by atoms with van der Waals surface area (Å²) in [5.41, 5.74) is 3.69. The number of alkyl halides is 1. The predicted octanol–water partition coefficient (Wildman–Crippen LogP) is 4.27. The van der Waals surface area contributed by atoms with Crippen LogP contribution in [-0.2, 0) is 13.0 Å². The van der Waals surface area contributed by atoms with E-state index in [0.29, 0.717) is 5.88 Å². The van der Waals surface area contributed by atoms with Crippen molar-refractivity contribution in [2.45, 2.75) is 32.7 Å². The van der Waals surface area contributed by atoms with E-state index in [2.05, 4.69) is 35.9 Å². The van der Waals surface area contributed by atoms with Crippen LogP contribution in [0.3, 0.4) is 0 Å². The van der Waals surface area contributed by atoms with Crippen LogP contribution < -0.4 is 0 Å². The molecule has 1 heterocycles. The number of aromatic nitrogens is 2. The van der Waals surface area contributed by atoms with Crippen molar-refractivity contribution in [1.82, 2.24) is 9.55 Å². The van der Waals surface area contributed by atoms with Crippen molar-refractivity contribution in [3.8, 4) is 0 Å². The zero-order chi connectivity index (χ0) is 13.7. The molecule has 1 aromatic carbocycles. The second-order valence-electron chi connectivity index (χ2n) is 4.76. The fourth-order valence-electron chi connectivity index (χ4n) is 2.45.